The van der Waals surface area contributed by atoms with E-state index in [1.54, 1.807) is 0 Å². The lowest BCUT2D eigenvalue weighted by Crippen LogP contribution is -2.29. The van der Waals surface area contributed by atoms with Crippen LogP contribution in [0.1, 0.15) is 11.3 Å². The minimum Gasteiger partial charge on any atom is -0.358 e. The molecule has 0 spiro atoms. The van der Waals surface area contributed by atoms with Crippen LogP contribution in [-0.2, 0) is 0 Å². The number of aryl methyl sites for hydroxylation is 2. The molecule has 0 amide bonds. The molecule has 142 valence electrons. The van der Waals surface area contributed by atoms with Gasteiger partial charge in [-0.1, -0.05) is 23.8 Å². The van der Waals surface area contributed by atoms with E-state index < -0.39 is 0 Å². The highest BCUT2D eigenvalue weighted by atomic mass is 15.2. The molecule has 1 aromatic carbocycles. The summed E-state index contributed by atoms with van der Waals surface area (Å²) in [7, 11) is 6.19. The van der Waals surface area contributed by atoms with E-state index >= 15 is 0 Å². The zero-order chi connectivity index (χ0) is 19.4. The highest BCUT2D eigenvalue weighted by Crippen LogP contribution is 2.24. The van der Waals surface area contributed by atoms with Gasteiger partial charge in [0.1, 0.15) is 11.6 Å². The van der Waals surface area contributed by atoms with Crippen LogP contribution >= 0.6 is 0 Å². The summed E-state index contributed by atoms with van der Waals surface area (Å²) in [5.74, 6) is 3.03. The van der Waals surface area contributed by atoms with Crippen molar-refractivity contribution in [3.05, 3.63) is 47.7 Å². The molecule has 0 radical (unpaired) electrons. The SMILES string of the molecule is Cc1cccc(-c2nc(Nc3cc(C)[nH]n3)cc(N(C)CCN(C)C)n2)c1. The molecule has 0 aliphatic carbocycles. The molecule has 27 heavy (non-hydrogen) atoms. The Morgan fingerprint density at radius 2 is 1.78 bits per heavy atom. The Balaban J connectivity index is 1.96. The van der Waals surface area contributed by atoms with E-state index in [9.17, 15) is 0 Å². The summed E-state index contributed by atoms with van der Waals surface area (Å²) in [5.41, 5.74) is 3.17. The van der Waals surface area contributed by atoms with Crippen LogP contribution in [0.5, 0.6) is 0 Å². The molecule has 0 aliphatic rings. The van der Waals surface area contributed by atoms with Crippen molar-refractivity contribution >= 4 is 17.5 Å². The molecular formula is C20H27N7. The quantitative estimate of drug-likeness (QED) is 0.670. The highest BCUT2D eigenvalue weighted by Gasteiger charge is 2.12. The number of hydrogen-bond acceptors (Lipinski definition) is 6. The average molecular weight is 365 g/mol. The maximum atomic E-state index is 4.80. The fourth-order valence-electron chi connectivity index (χ4n) is 2.69. The van der Waals surface area contributed by atoms with Crippen LogP contribution in [0, 0.1) is 13.8 Å². The summed E-state index contributed by atoms with van der Waals surface area (Å²) >= 11 is 0. The van der Waals surface area contributed by atoms with Crippen molar-refractivity contribution in [2.24, 2.45) is 0 Å². The van der Waals surface area contributed by atoms with Crippen LogP contribution in [0.3, 0.4) is 0 Å². The Bertz CT molecular complexity index is 901. The molecule has 2 aromatic heterocycles. The fourth-order valence-corrected chi connectivity index (χ4v) is 2.69. The molecular weight excluding hydrogens is 338 g/mol. The van der Waals surface area contributed by atoms with E-state index in [-0.39, 0.29) is 0 Å². The van der Waals surface area contributed by atoms with Crippen LogP contribution < -0.4 is 10.2 Å². The first-order chi connectivity index (χ1) is 12.9. The van der Waals surface area contributed by atoms with Gasteiger partial charge in [-0.05, 0) is 34.0 Å². The number of anilines is 3. The lowest BCUT2D eigenvalue weighted by Gasteiger charge is -2.21. The van der Waals surface area contributed by atoms with Crippen LogP contribution in [0.4, 0.5) is 17.5 Å². The molecule has 0 saturated carbocycles. The van der Waals surface area contributed by atoms with Gasteiger partial charge < -0.3 is 15.1 Å². The van der Waals surface area contributed by atoms with Gasteiger partial charge in [0, 0.05) is 43.5 Å². The number of nitrogens with one attached hydrogen (secondary N) is 2. The van der Waals surface area contributed by atoms with Gasteiger partial charge in [0.15, 0.2) is 11.6 Å². The van der Waals surface area contributed by atoms with Gasteiger partial charge in [0.05, 0.1) is 0 Å². The third-order valence-corrected chi connectivity index (χ3v) is 4.22. The molecule has 0 aliphatic heterocycles. The largest absolute Gasteiger partial charge is 0.358 e. The number of H-pyrrole nitrogens is 1. The number of rotatable bonds is 7. The number of benzene rings is 1. The maximum Gasteiger partial charge on any atom is 0.163 e. The minimum atomic E-state index is 0.697. The van der Waals surface area contributed by atoms with E-state index in [4.69, 9.17) is 9.97 Å². The van der Waals surface area contributed by atoms with Crippen LogP contribution in [0.2, 0.25) is 0 Å². The van der Waals surface area contributed by atoms with Gasteiger partial charge in [0.25, 0.3) is 0 Å². The van der Waals surface area contributed by atoms with Gasteiger partial charge in [-0.3, -0.25) is 5.10 Å². The van der Waals surface area contributed by atoms with Crippen molar-refractivity contribution in [3.8, 4) is 11.4 Å². The summed E-state index contributed by atoms with van der Waals surface area (Å²) in [5, 5.41) is 10.5. The zero-order valence-corrected chi connectivity index (χ0v) is 16.6. The monoisotopic (exact) mass is 365 g/mol. The lowest BCUT2D eigenvalue weighted by molar-refractivity contribution is 0.416. The van der Waals surface area contributed by atoms with E-state index in [0.717, 1.165) is 41.8 Å². The first-order valence-electron chi connectivity index (χ1n) is 9.02. The summed E-state index contributed by atoms with van der Waals surface area (Å²) < 4.78 is 0. The van der Waals surface area contributed by atoms with E-state index in [1.807, 2.05) is 38.2 Å². The Morgan fingerprint density at radius 3 is 2.44 bits per heavy atom. The molecule has 7 nitrogen and oxygen atoms in total. The summed E-state index contributed by atoms with van der Waals surface area (Å²) in [6.07, 6.45) is 0. The van der Waals surface area contributed by atoms with E-state index in [2.05, 4.69) is 58.5 Å². The van der Waals surface area contributed by atoms with Gasteiger partial charge >= 0.3 is 0 Å². The fraction of sp³-hybridized carbons (Fsp3) is 0.350. The second kappa shape index (κ2) is 8.18. The maximum absolute atomic E-state index is 4.80. The second-order valence-electron chi connectivity index (χ2n) is 7.09. The third kappa shape index (κ3) is 5.04. The molecule has 3 aromatic rings. The van der Waals surface area contributed by atoms with Crippen molar-refractivity contribution in [1.29, 1.82) is 0 Å². The molecule has 0 fully saturated rings. The van der Waals surface area contributed by atoms with Gasteiger partial charge in [0.2, 0.25) is 0 Å². The average Bonchev–Trinajstić information content (AvgIpc) is 3.04. The molecule has 2 N–H and O–H groups in total. The molecule has 0 atom stereocenters. The van der Waals surface area contributed by atoms with Crippen LogP contribution in [-0.4, -0.2) is 59.3 Å². The summed E-state index contributed by atoms with van der Waals surface area (Å²) in [6.45, 7) is 5.86. The Hall–Kier alpha value is -2.93. The van der Waals surface area contributed by atoms with E-state index in [0.29, 0.717) is 5.82 Å². The standard InChI is InChI=1S/C20H27N7/c1-14-7-6-8-16(11-14)20-22-17(21-18-12-15(2)24-25-18)13-19(23-20)27(5)10-9-26(3)4/h6-8,11-13H,9-10H2,1-5H3,(H2,21,22,23,24,25). The third-order valence-electron chi connectivity index (χ3n) is 4.22. The first-order valence-corrected chi connectivity index (χ1v) is 9.02. The molecule has 3 rings (SSSR count). The molecule has 0 saturated heterocycles. The molecule has 0 unspecified atom stereocenters. The summed E-state index contributed by atoms with van der Waals surface area (Å²) in [6, 6.07) is 12.1. The first kappa shape index (κ1) is 18.8. The van der Waals surface area contributed by atoms with Gasteiger partial charge in [-0.2, -0.15) is 5.10 Å². The number of hydrogen-bond donors (Lipinski definition) is 2. The zero-order valence-electron chi connectivity index (χ0n) is 16.6. The number of aromatic nitrogens is 4. The normalized spacial score (nSPS) is 11.0. The smallest absolute Gasteiger partial charge is 0.163 e. The van der Waals surface area contributed by atoms with Gasteiger partial charge in [-0.15, -0.1) is 0 Å². The van der Waals surface area contributed by atoms with Crippen molar-refractivity contribution in [1.82, 2.24) is 25.1 Å². The Labute approximate surface area is 160 Å². The highest BCUT2D eigenvalue weighted by molar-refractivity contribution is 5.64. The lowest BCUT2D eigenvalue weighted by atomic mass is 10.1. The minimum absolute atomic E-state index is 0.697. The molecule has 0 bridgehead atoms. The van der Waals surface area contributed by atoms with Crippen molar-refractivity contribution < 1.29 is 0 Å². The van der Waals surface area contributed by atoms with Crippen molar-refractivity contribution in [2.75, 3.05) is 44.4 Å². The summed E-state index contributed by atoms with van der Waals surface area (Å²) in [4.78, 5) is 13.8. The predicted octanol–water partition coefficient (Wildman–Crippen LogP) is 3.22. The number of aromatic amines is 1. The predicted molar refractivity (Wildman–Crippen MR) is 111 cm³/mol. The molecule has 7 heteroatoms. The topological polar surface area (TPSA) is 73.0 Å². The Morgan fingerprint density at radius 1 is 0.963 bits per heavy atom. The van der Waals surface area contributed by atoms with E-state index in [1.165, 1.54) is 5.56 Å². The Kier molecular flexibility index (Phi) is 5.71. The van der Waals surface area contributed by atoms with Crippen LogP contribution in [0.25, 0.3) is 11.4 Å². The van der Waals surface area contributed by atoms with Crippen molar-refractivity contribution in [3.63, 3.8) is 0 Å². The molecule has 2 heterocycles. The van der Waals surface area contributed by atoms with Gasteiger partial charge in [-0.25, -0.2) is 9.97 Å². The number of nitrogens with zero attached hydrogens (tertiary/aromatic N) is 5. The number of likely N-dealkylation sites (N-methyl/N-ethyl adjacent to an activating group) is 2. The second-order valence-corrected chi connectivity index (χ2v) is 7.09. The van der Waals surface area contributed by atoms with Crippen LogP contribution in [0.15, 0.2) is 36.4 Å². The van der Waals surface area contributed by atoms with Crippen molar-refractivity contribution in [2.45, 2.75) is 13.8 Å².